The van der Waals surface area contributed by atoms with Gasteiger partial charge in [-0.2, -0.15) is 0 Å². The van der Waals surface area contributed by atoms with Gasteiger partial charge in [-0.15, -0.1) is 11.6 Å². The highest BCUT2D eigenvalue weighted by Gasteiger charge is 2.25. The lowest BCUT2D eigenvalue weighted by Crippen LogP contribution is -2.19. The van der Waals surface area contributed by atoms with Crippen molar-refractivity contribution in [2.75, 3.05) is 19.1 Å². The van der Waals surface area contributed by atoms with Gasteiger partial charge in [0.1, 0.15) is 12.4 Å². The minimum Gasteiger partial charge on any atom is -0.490 e. The number of hydrogen-bond donors (Lipinski definition) is 0. The molecule has 6 heteroatoms. The van der Waals surface area contributed by atoms with Gasteiger partial charge in [-0.1, -0.05) is 63.0 Å². The largest absolute Gasteiger partial charge is 0.490 e. The molecule has 0 unspecified atom stereocenters. The fourth-order valence-electron chi connectivity index (χ4n) is 3.10. The van der Waals surface area contributed by atoms with Gasteiger partial charge in [0, 0.05) is 17.7 Å². The van der Waals surface area contributed by atoms with Crippen molar-refractivity contribution >= 4 is 40.6 Å². The summed E-state index contributed by atoms with van der Waals surface area (Å²) in [6.07, 6.45) is 1.25. The fourth-order valence-corrected chi connectivity index (χ4v) is 3.81. The summed E-state index contributed by atoms with van der Waals surface area (Å²) in [5, 5.41) is 0.951. The number of carbonyl (C=O) groups is 1. The molecule has 0 aliphatic heterocycles. The number of ketones is 1. The van der Waals surface area contributed by atoms with Crippen molar-refractivity contribution < 1.29 is 14.3 Å². The molecule has 2 aromatic rings. The van der Waals surface area contributed by atoms with Gasteiger partial charge in [0.25, 0.3) is 0 Å². The molecule has 0 saturated heterocycles. The van der Waals surface area contributed by atoms with Crippen molar-refractivity contribution in [1.29, 1.82) is 0 Å². The second-order valence-electron chi connectivity index (χ2n) is 8.23. The maximum Gasteiger partial charge on any atom is 0.170 e. The number of Topliss-reactive ketones (excluding diaryl/α,β-unsaturated/α-hetero) is 1. The highest BCUT2D eigenvalue weighted by molar-refractivity contribution is 6.37. The molecular formula is C24H29Cl3O3. The summed E-state index contributed by atoms with van der Waals surface area (Å²) < 4.78 is 11.3. The molecule has 0 aliphatic carbocycles. The van der Waals surface area contributed by atoms with Crippen LogP contribution in [0.25, 0.3) is 0 Å². The van der Waals surface area contributed by atoms with Crippen LogP contribution in [0.4, 0.5) is 0 Å². The van der Waals surface area contributed by atoms with E-state index < -0.39 is 0 Å². The molecule has 0 aliphatic rings. The molecule has 30 heavy (non-hydrogen) atoms. The van der Waals surface area contributed by atoms with Crippen molar-refractivity contribution in [3.05, 3.63) is 57.6 Å². The Labute approximate surface area is 194 Å². The highest BCUT2D eigenvalue weighted by Crippen LogP contribution is 2.40. The summed E-state index contributed by atoms with van der Waals surface area (Å²) in [6.45, 7) is 8.80. The van der Waals surface area contributed by atoms with E-state index in [0.717, 1.165) is 17.5 Å². The first-order chi connectivity index (χ1) is 14.1. The first-order valence-electron chi connectivity index (χ1n) is 10.1. The molecule has 0 amide bonds. The zero-order chi connectivity index (χ0) is 22.3. The Morgan fingerprint density at radius 1 is 1.00 bits per heavy atom. The van der Waals surface area contributed by atoms with Crippen LogP contribution < -0.4 is 9.47 Å². The summed E-state index contributed by atoms with van der Waals surface area (Å²) in [4.78, 5) is 11.8. The Morgan fingerprint density at radius 3 is 2.13 bits per heavy atom. The Morgan fingerprint density at radius 2 is 1.60 bits per heavy atom. The van der Waals surface area contributed by atoms with Crippen LogP contribution in [-0.2, 0) is 10.2 Å². The third-order valence-electron chi connectivity index (χ3n) is 4.86. The molecule has 3 nitrogen and oxygen atoms in total. The second kappa shape index (κ2) is 11.3. The number of hydrogen-bond acceptors (Lipinski definition) is 3. The molecule has 0 spiro atoms. The van der Waals surface area contributed by atoms with E-state index in [1.807, 2.05) is 50.2 Å². The van der Waals surface area contributed by atoms with Crippen LogP contribution in [0.3, 0.4) is 0 Å². The summed E-state index contributed by atoms with van der Waals surface area (Å²) in [7, 11) is 0. The van der Waals surface area contributed by atoms with E-state index in [2.05, 4.69) is 13.8 Å². The Balaban J connectivity index is 2.13. The zero-order valence-corrected chi connectivity index (χ0v) is 20.2. The molecule has 0 aromatic heterocycles. The van der Waals surface area contributed by atoms with Crippen LogP contribution in [-0.4, -0.2) is 24.9 Å². The van der Waals surface area contributed by atoms with Gasteiger partial charge in [0.15, 0.2) is 11.5 Å². The molecular weight excluding hydrogens is 443 g/mol. The van der Waals surface area contributed by atoms with Gasteiger partial charge in [-0.3, -0.25) is 4.79 Å². The lowest BCUT2D eigenvalue weighted by atomic mass is 9.78. The van der Waals surface area contributed by atoms with E-state index in [1.165, 1.54) is 0 Å². The molecule has 0 atom stereocenters. The van der Waals surface area contributed by atoms with E-state index in [9.17, 15) is 4.79 Å². The number of alkyl halides is 1. The van der Waals surface area contributed by atoms with Gasteiger partial charge >= 0.3 is 0 Å². The summed E-state index contributed by atoms with van der Waals surface area (Å²) in [5.41, 5.74) is 1.71. The maximum absolute atomic E-state index is 11.8. The van der Waals surface area contributed by atoms with E-state index in [4.69, 9.17) is 44.3 Å². The topological polar surface area (TPSA) is 35.5 Å². The molecule has 0 fully saturated rings. The summed E-state index contributed by atoms with van der Waals surface area (Å²) in [6, 6.07) is 11.5. The summed E-state index contributed by atoms with van der Waals surface area (Å²) >= 11 is 18.6. The van der Waals surface area contributed by atoms with Gasteiger partial charge in [0.05, 0.1) is 16.7 Å². The minimum absolute atomic E-state index is 0.0946. The van der Waals surface area contributed by atoms with Crippen LogP contribution in [0.2, 0.25) is 10.0 Å². The molecule has 2 rings (SSSR count). The van der Waals surface area contributed by atoms with Gasteiger partial charge in [0.2, 0.25) is 0 Å². The lowest BCUT2D eigenvalue weighted by Gasteiger charge is -2.27. The standard InChI is InChI=1S/C24H29Cl3O3/c1-16(2)12-19(28)15-30-20-8-6-17(7-9-20)24(3,4)18-13-21(26)23(22(27)14-18)29-11-5-10-25/h6-9,13-14,16H,5,10-12,15H2,1-4H3. The third-order valence-corrected chi connectivity index (χ3v) is 5.68. The van der Waals surface area contributed by atoms with E-state index in [1.54, 1.807) is 0 Å². The van der Waals surface area contributed by atoms with E-state index >= 15 is 0 Å². The monoisotopic (exact) mass is 470 g/mol. The number of ether oxygens (including phenoxy) is 2. The second-order valence-corrected chi connectivity index (χ2v) is 9.43. The van der Waals surface area contributed by atoms with Gasteiger partial charge < -0.3 is 9.47 Å². The number of benzene rings is 2. The molecule has 0 heterocycles. The fraction of sp³-hybridized carbons (Fsp3) is 0.458. The predicted octanol–water partition coefficient (Wildman–Crippen LogP) is 7.32. The van der Waals surface area contributed by atoms with Crippen molar-refractivity contribution in [3.63, 3.8) is 0 Å². The Kier molecular flexibility index (Phi) is 9.33. The van der Waals surface area contributed by atoms with Crippen molar-refractivity contribution in [1.82, 2.24) is 0 Å². The number of carbonyl (C=O) groups excluding carboxylic acids is 1. The predicted molar refractivity (Wildman–Crippen MR) is 126 cm³/mol. The normalized spacial score (nSPS) is 11.6. The quantitative estimate of drug-likeness (QED) is 0.254. The minimum atomic E-state index is -0.339. The maximum atomic E-state index is 11.8. The molecule has 0 saturated carbocycles. The molecule has 0 N–H and O–H groups in total. The third kappa shape index (κ3) is 6.80. The average molecular weight is 472 g/mol. The lowest BCUT2D eigenvalue weighted by molar-refractivity contribution is -0.121. The Hall–Kier alpha value is -1.42. The molecule has 2 aromatic carbocycles. The van der Waals surface area contributed by atoms with Crippen LogP contribution in [0.15, 0.2) is 36.4 Å². The van der Waals surface area contributed by atoms with Gasteiger partial charge in [-0.05, 0) is 47.7 Å². The van der Waals surface area contributed by atoms with Crippen LogP contribution in [0.1, 0.15) is 51.7 Å². The molecule has 164 valence electrons. The Bertz CT molecular complexity index is 822. The SMILES string of the molecule is CC(C)CC(=O)COc1ccc(C(C)(C)c2cc(Cl)c(OCCCCl)c(Cl)c2)cc1. The average Bonchev–Trinajstić information content (AvgIpc) is 2.68. The van der Waals surface area contributed by atoms with E-state index in [0.29, 0.717) is 46.4 Å². The molecule has 0 radical (unpaired) electrons. The van der Waals surface area contributed by atoms with Crippen molar-refractivity contribution in [2.24, 2.45) is 5.92 Å². The van der Waals surface area contributed by atoms with Crippen LogP contribution >= 0.6 is 34.8 Å². The highest BCUT2D eigenvalue weighted by atomic mass is 35.5. The molecule has 0 bridgehead atoms. The van der Waals surface area contributed by atoms with Crippen LogP contribution in [0, 0.1) is 5.92 Å². The number of halogens is 3. The first-order valence-corrected chi connectivity index (χ1v) is 11.4. The van der Waals surface area contributed by atoms with Crippen molar-refractivity contribution in [2.45, 2.75) is 46.0 Å². The van der Waals surface area contributed by atoms with Crippen LogP contribution in [0.5, 0.6) is 11.5 Å². The smallest absolute Gasteiger partial charge is 0.170 e. The summed E-state index contributed by atoms with van der Waals surface area (Å²) in [5.74, 6) is 2.11. The number of rotatable bonds is 11. The van der Waals surface area contributed by atoms with Crippen molar-refractivity contribution in [3.8, 4) is 11.5 Å². The van der Waals surface area contributed by atoms with Gasteiger partial charge in [-0.25, -0.2) is 0 Å². The van der Waals surface area contributed by atoms with E-state index in [-0.39, 0.29) is 17.8 Å². The first kappa shape index (κ1) is 24.8. The zero-order valence-electron chi connectivity index (χ0n) is 17.9.